The molecule has 4 aliphatic carbocycles. The highest BCUT2D eigenvalue weighted by Crippen LogP contribution is 2.60. The van der Waals surface area contributed by atoms with Crippen molar-refractivity contribution in [3.63, 3.8) is 0 Å². The summed E-state index contributed by atoms with van der Waals surface area (Å²) in [6.45, 7) is 7.80. The molecule has 1 N–H and O–H groups in total. The average molecular weight is 468 g/mol. The highest BCUT2D eigenvalue weighted by atomic mass is 16.5. The number of hydrogen-bond acceptors (Lipinski definition) is 4. The third-order valence-corrected chi connectivity index (χ3v) is 8.87. The van der Waals surface area contributed by atoms with Crippen LogP contribution in [0.5, 0.6) is 0 Å². The fourth-order valence-electron chi connectivity index (χ4n) is 7.52. The minimum Gasteiger partial charge on any atom is -0.378 e. The minimum absolute atomic E-state index is 0.00450. The molecule has 1 aromatic rings. The largest absolute Gasteiger partial charge is 0.378 e. The lowest BCUT2D eigenvalue weighted by Gasteiger charge is -2.56. The molecule has 0 aromatic heterocycles. The lowest BCUT2D eigenvalue weighted by atomic mass is 9.49. The zero-order valence-electron chi connectivity index (χ0n) is 21.1. The van der Waals surface area contributed by atoms with E-state index < -0.39 is 6.04 Å². The summed E-state index contributed by atoms with van der Waals surface area (Å²) >= 11 is 0. The van der Waals surface area contributed by atoms with Gasteiger partial charge < -0.3 is 19.9 Å². The standard InChI is InChI=1S/C28H41N3O3/c1-19(2)25(29-27(33)28-15-20-12-21(16-28)14-22(13-20)17-28)26(32)30(3)18-23-6-4-5-7-24(23)31-8-10-34-11-9-31/h4-7,19-22,25H,8-18H2,1-3H3,(H,29,33). The SMILES string of the molecule is CC(C)C(NC(=O)C12CC3CC(CC(C3)C1)C2)C(=O)N(C)Cc1ccccc1N1CCOCC1. The van der Waals surface area contributed by atoms with Crippen LogP contribution in [-0.4, -0.2) is 56.1 Å². The van der Waals surface area contributed by atoms with E-state index in [0.29, 0.717) is 24.3 Å². The van der Waals surface area contributed by atoms with Gasteiger partial charge in [-0.2, -0.15) is 0 Å². The van der Waals surface area contributed by atoms with E-state index >= 15 is 0 Å². The Bertz CT molecular complexity index is 873. The molecular formula is C28H41N3O3. The van der Waals surface area contributed by atoms with Crippen molar-refractivity contribution in [2.45, 2.75) is 65.0 Å². The summed E-state index contributed by atoms with van der Waals surface area (Å²) < 4.78 is 5.52. The van der Waals surface area contributed by atoms with E-state index in [0.717, 1.165) is 51.1 Å². The summed E-state index contributed by atoms with van der Waals surface area (Å²) in [6.07, 6.45) is 6.99. The Hall–Kier alpha value is -2.08. The van der Waals surface area contributed by atoms with Crippen molar-refractivity contribution in [2.75, 3.05) is 38.3 Å². The zero-order valence-corrected chi connectivity index (χ0v) is 21.1. The molecule has 6 nitrogen and oxygen atoms in total. The number of para-hydroxylation sites is 1. The second-order valence-corrected chi connectivity index (χ2v) is 11.8. The molecule has 2 amide bonds. The third kappa shape index (κ3) is 4.58. The van der Waals surface area contributed by atoms with Gasteiger partial charge in [0.15, 0.2) is 0 Å². The molecular weight excluding hydrogens is 426 g/mol. The number of benzene rings is 1. The predicted octanol–water partition coefficient (Wildman–Crippen LogP) is 3.84. The summed E-state index contributed by atoms with van der Waals surface area (Å²) in [4.78, 5) is 31.4. The number of likely N-dealkylation sites (N-methyl/N-ethyl adjacent to an activating group) is 1. The monoisotopic (exact) mass is 467 g/mol. The van der Waals surface area contributed by atoms with Gasteiger partial charge in [-0.25, -0.2) is 0 Å². The van der Waals surface area contributed by atoms with Crippen LogP contribution in [0.15, 0.2) is 24.3 Å². The molecule has 1 saturated heterocycles. The lowest BCUT2D eigenvalue weighted by Crippen LogP contribution is -2.58. The van der Waals surface area contributed by atoms with Crippen molar-refractivity contribution in [3.8, 4) is 0 Å². The number of hydrogen-bond donors (Lipinski definition) is 1. The van der Waals surface area contributed by atoms with Crippen LogP contribution in [0.2, 0.25) is 0 Å². The molecule has 1 unspecified atom stereocenters. The lowest BCUT2D eigenvalue weighted by molar-refractivity contribution is -0.150. The van der Waals surface area contributed by atoms with E-state index in [1.807, 2.05) is 27.0 Å². The van der Waals surface area contributed by atoms with Gasteiger partial charge in [0, 0.05) is 37.8 Å². The maximum atomic E-state index is 13.7. The maximum Gasteiger partial charge on any atom is 0.245 e. The predicted molar refractivity (Wildman–Crippen MR) is 133 cm³/mol. The Labute approximate surface area is 204 Å². The summed E-state index contributed by atoms with van der Waals surface area (Å²) in [5, 5.41) is 3.26. The average Bonchev–Trinajstić information content (AvgIpc) is 2.81. The van der Waals surface area contributed by atoms with Crippen LogP contribution in [0.3, 0.4) is 0 Å². The van der Waals surface area contributed by atoms with Gasteiger partial charge in [0.25, 0.3) is 0 Å². The van der Waals surface area contributed by atoms with Crippen molar-refractivity contribution in [1.82, 2.24) is 10.2 Å². The Morgan fingerprint density at radius 2 is 1.65 bits per heavy atom. The van der Waals surface area contributed by atoms with Gasteiger partial charge in [0.1, 0.15) is 6.04 Å². The molecule has 1 aromatic carbocycles. The number of nitrogens with zero attached hydrogens (tertiary/aromatic N) is 2. The number of morpholine rings is 1. The van der Waals surface area contributed by atoms with Crippen LogP contribution in [0, 0.1) is 29.1 Å². The number of anilines is 1. The third-order valence-electron chi connectivity index (χ3n) is 8.87. The van der Waals surface area contributed by atoms with E-state index in [2.05, 4.69) is 28.4 Å². The molecule has 6 rings (SSSR count). The quantitative estimate of drug-likeness (QED) is 0.662. The van der Waals surface area contributed by atoms with Crippen LogP contribution < -0.4 is 10.2 Å². The van der Waals surface area contributed by atoms with Crippen molar-refractivity contribution >= 4 is 17.5 Å². The second kappa shape index (κ2) is 9.52. The van der Waals surface area contributed by atoms with Gasteiger partial charge in [-0.15, -0.1) is 0 Å². The molecule has 34 heavy (non-hydrogen) atoms. The smallest absolute Gasteiger partial charge is 0.245 e. The van der Waals surface area contributed by atoms with E-state index in [1.165, 1.54) is 24.9 Å². The molecule has 0 spiro atoms. The number of carbonyl (C=O) groups is 2. The number of amides is 2. The maximum absolute atomic E-state index is 13.7. The molecule has 186 valence electrons. The molecule has 1 heterocycles. The number of ether oxygens (including phenoxy) is 1. The molecule has 4 bridgehead atoms. The van der Waals surface area contributed by atoms with Crippen LogP contribution in [0.1, 0.15) is 57.9 Å². The topological polar surface area (TPSA) is 61.9 Å². The minimum atomic E-state index is -0.485. The first kappa shape index (κ1) is 23.7. The Morgan fingerprint density at radius 1 is 1.06 bits per heavy atom. The van der Waals surface area contributed by atoms with Gasteiger partial charge in [-0.3, -0.25) is 9.59 Å². The number of carbonyl (C=O) groups excluding carboxylic acids is 2. The Kier molecular flexibility index (Phi) is 6.62. The molecule has 4 saturated carbocycles. The van der Waals surface area contributed by atoms with Crippen LogP contribution in [-0.2, 0) is 20.9 Å². The van der Waals surface area contributed by atoms with Gasteiger partial charge >= 0.3 is 0 Å². The fraction of sp³-hybridized carbons (Fsp3) is 0.714. The van der Waals surface area contributed by atoms with Crippen LogP contribution in [0.25, 0.3) is 0 Å². The molecule has 6 heteroatoms. The first-order valence-electron chi connectivity index (χ1n) is 13.3. The van der Waals surface area contributed by atoms with E-state index in [4.69, 9.17) is 4.74 Å². The van der Waals surface area contributed by atoms with Gasteiger partial charge in [-0.05, 0) is 73.8 Å². The first-order chi connectivity index (χ1) is 16.3. The first-order valence-corrected chi connectivity index (χ1v) is 13.3. The molecule has 5 aliphatic rings. The molecule has 5 fully saturated rings. The van der Waals surface area contributed by atoms with Crippen LogP contribution >= 0.6 is 0 Å². The molecule has 1 aliphatic heterocycles. The van der Waals surface area contributed by atoms with Gasteiger partial charge in [0.2, 0.25) is 11.8 Å². The highest BCUT2D eigenvalue weighted by molar-refractivity contribution is 5.90. The summed E-state index contributed by atoms with van der Waals surface area (Å²) in [5.41, 5.74) is 2.07. The van der Waals surface area contributed by atoms with E-state index in [9.17, 15) is 9.59 Å². The summed E-state index contributed by atoms with van der Waals surface area (Å²) in [7, 11) is 1.87. The van der Waals surface area contributed by atoms with Crippen molar-refractivity contribution in [2.24, 2.45) is 29.1 Å². The van der Waals surface area contributed by atoms with Gasteiger partial charge in [-0.1, -0.05) is 32.0 Å². The summed E-state index contributed by atoms with van der Waals surface area (Å²) in [5.74, 6) is 2.33. The zero-order chi connectivity index (χ0) is 23.9. The van der Waals surface area contributed by atoms with Crippen molar-refractivity contribution < 1.29 is 14.3 Å². The van der Waals surface area contributed by atoms with Crippen molar-refractivity contribution in [1.29, 1.82) is 0 Å². The number of rotatable bonds is 7. The number of nitrogens with one attached hydrogen (secondary N) is 1. The highest BCUT2D eigenvalue weighted by Gasteiger charge is 2.55. The van der Waals surface area contributed by atoms with Crippen LogP contribution in [0.4, 0.5) is 5.69 Å². The second-order valence-electron chi connectivity index (χ2n) is 11.8. The fourth-order valence-corrected chi connectivity index (χ4v) is 7.52. The van der Waals surface area contributed by atoms with E-state index in [1.54, 1.807) is 4.90 Å². The van der Waals surface area contributed by atoms with E-state index in [-0.39, 0.29) is 23.1 Å². The summed E-state index contributed by atoms with van der Waals surface area (Å²) in [6, 6.07) is 7.84. The Morgan fingerprint density at radius 3 is 2.24 bits per heavy atom. The van der Waals surface area contributed by atoms with Gasteiger partial charge in [0.05, 0.1) is 13.2 Å². The normalized spacial score (nSPS) is 30.9. The van der Waals surface area contributed by atoms with Crippen molar-refractivity contribution in [3.05, 3.63) is 29.8 Å². The Balaban J connectivity index is 1.27. The molecule has 0 radical (unpaired) electrons. The molecule has 1 atom stereocenters.